The van der Waals surface area contributed by atoms with Crippen LogP contribution in [0, 0.1) is 0 Å². The van der Waals surface area contributed by atoms with E-state index in [-0.39, 0.29) is 19.5 Å². The van der Waals surface area contributed by atoms with Gasteiger partial charge in [-0.2, -0.15) is 0 Å². The van der Waals surface area contributed by atoms with Gasteiger partial charge in [-0.15, -0.1) is 0 Å². The first-order valence-electron chi connectivity index (χ1n) is 0.458. The molecule has 0 unspecified atom stereocenters. The molecule has 0 aliphatic rings. The van der Waals surface area contributed by atoms with Crippen LogP contribution < -0.4 is 0 Å². The Morgan fingerprint density at radius 3 is 1.75 bits per heavy atom. The Kier molecular flexibility index (Phi) is 26.9. The van der Waals surface area contributed by atoms with Crippen molar-refractivity contribution in [1.29, 1.82) is 0 Å². The van der Waals surface area contributed by atoms with Crippen LogP contribution in [0.3, 0.4) is 0 Å². The van der Waals surface area contributed by atoms with E-state index in [9.17, 15) is 0 Å². The Labute approximate surface area is 37.2 Å². The molecule has 0 spiro atoms. The van der Waals surface area contributed by atoms with E-state index in [0.29, 0.717) is 0 Å². The molecule has 0 aromatic heterocycles. The molecule has 0 aromatic rings. The topological polar surface area (TPSA) is 36.4 Å². The fourth-order valence-corrected chi connectivity index (χ4v) is 0. The van der Waals surface area contributed by atoms with Crippen LogP contribution >= 0.6 is 0 Å². The number of hydrogen-bond donors (Lipinski definition) is 0. The quantitative estimate of drug-likeness (QED) is 0.135. The Hall–Kier alpha value is 0.00338. The minimum absolute atomic E-state index is 0. The summed E-state index contributed by atoms with van der Waals surface area (Å²) in [6.07, 6.45) is 0. The van der Waals surface area contributed by atoms with E-state index >= 15 is 0 Å². The van der Waals surface area contributed by atoms with Crippen molar-refractivity contribution in [2.24, 2.45) is 0 Å². The molecule has 0 rings (SSSR count). The number of nitrogens with zero attached hydrogens (tertiary/aromatic N) is 2. The van der Waals surface area contributed by atoms with E-state index in [1.807, 2.05) is 4.79 Å². The SMILES string of the molecule is [CH-]=[N+]=[N-].[Zn]. The van der Waals surface area contributed by atoms with Gasteiger partial charge in [-0.25, -0.2) is 0 Å². The van der Waals surface area contributed by atoms with Crippen molar-refractivity contribution in [3.63, 3.8) is 0 Å². The van der Waals surface area contributed by atoms with Crippen molar-refractivity contribution in [3.8, 4) is 0 Å². The van der Waals surface area contributed by atoms with Gasteiger partial charge in [0.15, 0.2) is 0 Å². The zero-order chi connectivity index (χ0) is 2.71. The van der Waals surface area contributed by atoms with Crippen LogP contribution in [0.4, 0.5) is 0 Å². The van der Waals surface area contributed by atoms with Crippen molar-refractivity contribution >= 4 is 6.72 Å². The summed E-state index contributed by atoms with van der Waals surface area (Å²) >= 11 is 0. The Balaban J connectivity index is 0. The van der Waals surface area contributed by atoms with Gasteiger partial charge in [0.25, 0.3) is 0 Å². The fraction of sp³-hybridized carbons (Fsp3) is 0. The van der Waals surface area contributed by atoms with Crippen molar-refractivity contribution in [3.05, 3.63) is 5.53 Å². The van der Waals surface area contributed by atoms with E-state index in [1.54, 1.807) is 0 Å². The first-order chi connectivity index (χ1) is 1.41. The molecule has 18 valence electrons. The molecule has 0 saturated carbocycles. The van der Waals surface area contributed by atoms with Crippen LogP contribution in [0.1, 0.15) is 0 Å². The first kappa shape index (κ1) is 9.00. The van der Waals surface area contributed by atoms with Gasteiger partial charge in [-0.3, -0.25) is 0 Å². The zero-order valence-electron chi connectivity index (χ0n) is 2.18. The van der Waals surface area contributed by atoms with Crippen LogP contribution in [0.2, 0.25) is 0 Å². The molecular weight excluding hydrogens is 105 g/mol. The summed E-state index contributed by atoms with van der Waals surface area (Å²) in [7, 11) is 0. The van der Waals surface area contributed by atoms with E-state index in [1.165, 1.54) is 0 Å². The smallest absolute Gasteiger partial charge is 0 e. The van der Waals surface area contributed by atoms with Gasteiger partial charge >= 0.3 is 0 Å². The maximum absolute atomic E-state index is 6.97. The minimum atomic E-state index is 0. The van der Waals surface area contributed by atoms with Crippen LogP contribution in [0.25, 0.3) is 5.53 Å². The molecule has 0 bridgehead atoms. The van der Waals surface area contributed by atoms with E-state index in [2.05, 4.69) is 6.72 Å². The first-order valence-corrected chi connectivity index (χ1v) is 0.458. The Morgan fingerprint density at radius 2 is 1.75 bits per heavy atom. The molecule has 0 saturated heterocycles. The standard InChI is InChI=1S/CHN2.Zn/c1-3-2;/h1H;/q-1;. The average Bonchev–Trinajstić information content (AvgIpc) is 0.918. The minimum Gasteiger partial charge on any atom is -0.408 e. The zero-order valence-corrected chi connectivity index (χ0v) is 5.15. The second kappa shape index (κ2) is 12.0. The van der Waals surface area contributed by atoms with Gasteiger partial charge in [0, 0.05) is 19.5 Å². The normalized spacial score (nSPS) is 2.00. The van der Waals surface area contributed by atoms with Gasteiger partial charge in [0.05, 0.1) is 0 Å². The summed E-state index contributed by atoms with van der Waals surface area (Å²) in [6, 6.07) is 0. The maximum atomic E-state index is 6.97. The van der Waals surface area contributed by atoms with Gasteiger partial charge in [0.1, 0.15) is 0 Å². The van der Waals surface area contributed by atoms with Gasteiger partial charge in [-0.05, 0) is 0 Å². The molecule has 2 nitrogen and oxygen atoms in total. The summed E-state index contributed by atoms with van der Waals surface area (Å²) in [6.45, 7) is 4.03. The molecule has 0 fully saturated rings. The van der Waals surface area contributed by atoms with Crippen molar-refractivity contribution in [1.82, 2.24) is 0 Å². The molecule has 0 N–H and O–H groups in total. The molecule has 0 aliphatic heterocycles. The second-order valence-corrected chi connectivity index (χ2v) is 0.115. The third-order valence-electron chi connectivity index (χ3n) is 0. The molecule has 0 atom stereocenters. The molecule has 0 aromatic carbocycles. The van der Waals surface area contributed by atoms with Gasteiger partial charge in [-0.1, -0.05) is 6.72 Å². The third kappa shape index (κ3) is 177000. The maximum Gasteiger partial charge on any atom is 0 e. The van der Waals surface area contributed by atoms with E-state index < -0.39 is 0 Å². The predicted molar refractivity (Wildman–Crippen MR) is 9.68 cm³/mol. The molecule has 0 heterocycles. The van der Waals surface area contributed by atoms with Crippen molar-refractivity contribution in [2.45, 2.75) is 0 Å². The molecule has 4 heavy (non-hydrogen) atoms. The molecule has 3 heteroatoms. The molecule has 0 aliphatic carbocycles. The van der Waals surface area contributed by atoms with Crippen molar-refractivity contribution in [2.75, 3.05) is 0 Å². The summed E-state index contributed by atoms with van der Waals surface area (Å²) in [5.41, 5.74) is 6.97. The predicted octanol–water partition coefficient (Wildman–Crippen LogP) is -0.209. The summed E-state index contributed by atoms with van der Waals surface area (Å²) < 4.78 is 0. The summed E-state index contributed by atoms with van der Waals surface area (Å²) in [4.78, 5) is 2.00. The Bertz CT molecular complexity index is 27.0. The van der Waals surface area contributed by atoms with Gasteiger partial charge in [0.2, 0.25) is 0 Å². The number of hydrogen-bond acceptors (Lipinski definition) is 0. The number of rotatable bonds is 0. The summed E-state index contributed by atoms with van der Waals surface area (Å²) in [5, 5.41) is 0. The third-order valence-corrected chi connectivity index (χ3v) is 0. The van der Waals surface area contributed by atoms with Crippen molar-refractivity contribution < 1.29 is 24.3 Å². The average molecular weight is 106 g/mol. The second-order valence-electron chi connectivity index (χ2n) is 0.115. The largest absolute Gasteiger partial charge is 0.408 e. The molecule has 0 amide bonds. The fourth-order valence-electron chi connectivity index (χ4n) is 0. The molecular formula is CHN2Zn-. The van der Waals surface area contributed by atoms with Crippen LogP contribution in [-0.2, 0) is 19.5 Å². The summed E-state index contributed by atoms with van der Waals surface area (Å²) in [5.74, 6) is 0. The van der Waals surface area contributed by atoms with Crippen LogP contribution in [-0.4, -0.2) is 11.5 Å². The van der Waals surface area contributed by atoms with E-state index in [0.717, 1.165) is 0 Å². The molecule has 0 radical (unpaired) electrons. The monoisotopic (exact) mass is 105 g/mol. The van der Waals surface area contributed by atoms with Crippen LogP contribution in [0.15, 0.2) is 0 Å². The van der Waals surface area contributed by atoms with Crippen LogP contribution in [0.5, 0.6) is 0 Å². The van der Waals surface area contributed by atoms with E-state index in [4.69, 9.17) is 5.53 Å². The van der Waals surface area contributed by atoms with Gasteiger partial charge < -0.3 is 10.3 Å². The Morgan fingerprint density at radius 1 is 1.75 bits per heavy atom.